The average Bonchev–Trinajstić information content (AvgIpc) is 2.39. The minimum atomic E-state index is -1.03. The van der Waals surface area contributed by atoms with Gasteiger partial charge in [0.15, 0.2) is 0 Å². The lowest BCUT2D eigenvalue weighted by atomic mass is 9.95. The molecule has 0 aliphatic carbocycles. The van der Waals surface area contributed by atoms with E-state index in [9.17, 15) is 4.55 Å². The molecule has 0 aliphatic rings. The molecule has 0 fully saturated rings. The van der Waals surface area contributed by atoms with Crippen LogP contribution in [0.15, 0.2) is 28.7 Å². The first kappa shape index (κ1) is 18.3. The molecule has 0 heterocycles. The molecule has 0 radical (unpaired) electrons. The quantitative estimate of drug-likeness (QED) is 0.554. The number of halogens is 2. The van der Waals surface area contributed by atoms with Crippen molar-refractivity contribution in [2.24, 2.45) is 0 Å². The van der Waals surface area contributed by atoms with Gasteiger partial charge in [-0.1, -0.05) is 28.1 Å². The molecule has 5 heteroatoms. The predicted octanol–water partition coefficient (Wildman–Crippen LogP) is 4.60. The third-order valence-electron chi connectivity index (χ3n) is 3.04. The van der Waals surface area contributed by atoms with Crippen molar-refractivity contribution in [1.82, 2.24) is 4.72 Å². The molecule has 0 saturated carbocycles. The fourth-order valence-corrected chi connectivity index (χ4v) is 3.04. The van der Waals surface area contributed by atoms with Crippen molar-refractivity contribution in [2.75, 3.05) is 12.4 Å². The highest BCUT2D eigenvalue weighted by molar-refractivity contribution is 9.10. The van der Waals surface area contributed by atoms with E-state index in [1.54, 1.807) is 0 Å². The Kier molecular flexibility index (Phi) is 7.91. The molecule has 1 unspecified atom stereocenters. The molecular formula is C15H23BrClNOS. The Morgan fingerprint density at radius 3 is 2.40 bits per heavy atom. The highest BCUT2D eigenvalue weighted by atomic mass is 79.9. The van der Waals surface area contributed by atoms with Crippen molar-refractivity contribution in [1.29, 1.82) is 0 Å². The predicted molar refractivity (Wildman–Crippen MR) is 92.7 cm³/mol. The lowest BCUT2D eigenvalue weighted by Gasteiger charge is -2.26. The lowest BCUT2D eigenvalue weighted by molar-refractivity contribution is 0.528. The summed E-state index contributed by atoms with van der Waals surface area (Å²) in [6.07, 6.45) is 1.96. The zero-order chi connectivity index (χ0) is 15.2. The van der Waals surface area contributed by atoms with Crippen LogP contribution in [-0.2, 0) is 11.4 Å². The normalized spacial score (nSPS) is 15.1. The van der Waals surface area contributed by atoms with Crippen molar-refractivity contribution in [3.8, 4) is 0 Å². The van der Waals surface area contributed by atoms with Gasteiger partial charge in [-0.05, 0) is 51.3 Å². The maximum atomic E-state index is 12.1. The van der Waals surface area contributed by atoms with Gasteiger partial charge in [-0.25, -0.2) is 0 Å². The zero-order valence-electron chi connectivity index (χ0n) is 12.3. The maximum Gasteiger partial charge on any atom is 0.136 e. The van der Waals surface area contributed by atoms with Crippen LogP contribution in [0.3, 0.4) is 0 Å². The summed E-state index contributed by atoms with van der Waals surface area (Å²) in [7, 11) is 0. The van der Waals surface area contributed by atoms with Crippen molar-refractivity contribution in [3.05, 3.63) is 34.3 Å². The number of benzene rings is 1. The molecule has 20 heavy (non-hydrogen) atoms. The summed E-state index contributed by atoms with van der Waals surface area (Å²) in [6.45, 7) is 6.64. The monoisotopic (exact) mass is 379 g/mol. The van der Waals surface area contributed by atoms with Crippen LogP contribution >= 0.6 is 27.5 Å². The van der Waals surface area contributed by atoms with Gasteiger partial charge in [0.2, 0.25) is 0 Å². The van der Waals surface area contributed by atoms with E-state index < -0.39 is 11.4 Å². The second-order valence-electron chi connectivity index (χ2n) is 5.81. The number of alkyl halides is 1. The van der Waals surface area contributed by atoms with E-state index in [0.717, 1.165) is 17.3 Å². The summed E-state index contributed by atoms with van der Waals surface area (Å²) >= 11 is 8.22. The van der Waals surface area contributed by atoms with Gasteiger partial charge in [-0.3, -0.25) is 0 Å². The van der Waals surface area contributed by atoms with Crippen molar-refractivity contribution >= 4 is 38.9 Å². The Bertz CT molecular complexity index is 394. The summed E-state index contributed by atoms with van der Waals surface area (Å²) in [4.78, 5) is 0. The number of hydrogen-bond donors (Lipinski definition) is 1. The van der Waals surface area contributed by atoms with Gasteiger partial charge in [0.25, 0.3) is 0 Å². The SMILES string of the molecule is CC(C)(C)[S@+]([O-])NCC(CCCCl)c1ccc(Br)cc1. The molecule has 0 spiro atoms. The van der Waals surface area contributed by atoms with Gasteiger partial charge in [-0.15, -0.1) is 16.3 Å². The van der Waals surface area contributed by atoms with Crippen molar-refractivity contribution < 1.29 is 4.55 Å². The number of rotatable bonds is 7. The number of nitrogens with one attached hydrogen (secondary N) is 1. The van der Waals surface area contributed by atoms with Gasteiger partial charge >= 0.3 is 0 Å². The topological polar surface area (TPSA) is 35.1 Å². The van der Waals surface area contributed by atoms with Crippen LogP contribution in [0.1, 0.15) is 45.1 Å². The number of hydrogen-bond acceptors (Lipinski definition) is 2. The van der Waals surface area contributed by atoms with Gasteiger partial charge in [0.05, 0.1) is 0 Å². The molecule has 114 valence electrons. The Balaban J connectivity index is 2.67. The molecule has 0 bridgehead atoms. The van der Waals surface area contributed by atoms with Crippen LogP contribution < -0.4 is 4.72 Å². The van der Waals surface area contributed by atoms with E-state index >= 15 is 0 Å². The molecule has 2 atom stereocenters. The van der Waals surface area contributed by atoms with Crippen LogP contribution in [0.25, 0.3) is 0 Å². The second-order valence-corrected chi connectivity index (χ2v) is 9.15. The van der Waals surface area contributed by atoms with E-state index in [2.05, 4.69) is 32.8 Å². The van der Waals surface area contributed by atoms with Crippen molar-refractivity contribution in [2.45, 2.75) is 44.3 Å². The smallest absolute Gasteiger partial charge is 0.136 e. The molecule has 0 amide bonds. The van der Waals surface area contributed by atoms with E-state index in [0.29, 0.717) is 18.3 Å². The van der Waals surface area contributed by atoms with Gasteiger partial charge in [-0.2, -0.15) is 0 Å². The minimum Gasteiger partial charge on any atom is -0.598 e. The van der Waals surface area contributed by atoms with E-state index in [1.807, 2.05) is 32.9 Å². The molecule has 1 aromatic rings. The van der Waals surface area contributed by atoms with Crippen molar-refractivity contribution in [3.63, 3.8) is 0 Å². The molecule has 2 nitrogen and oxygen atoms in total. The molecule has 0 aliphatic heterocycles. The standard InChI is InChI=1S/C15H23BrClNOS/c1-15(2,3)20(19)18-11-13(5-4-10-17)12-6-8-14(16)9-7-12/h6-9,13,18H,4-5,10-11H2,1-3H3/t13?,20-/m0/s1. The molecule has 0 saturated heterocycles. The maximum absolute atomic E-state index is 12.1. The Morgan fingerprint density at radius 2 is 1.90 bits per heavy atom. The largest absolute Gasteiger partial charge is 0.598 e. The second kappa shape index (κ2) is 8.64. The Labute approximate surface area is 139 Å². The highest BCUT2D eigenvalue weighted by Crippen LogP contribution is 2.24. The first-order valence-corrected chi connectivity index (χ1v) is 9.29. The molecule has 1 rings (SSSR count). The summed E-state index contributed by atoms with van der Waals surface area (Å²) in [5.41, 5.74) is 1.26. The lowest BCUT2D eigenvalue weighted by Crippen LogP contribution is -2.41. The fourth-order valence-electron chi connectivity index (χ4n) is 1.84. The summed E-state index contributed by atoms with van der Waals surface area (Å²) in [5.74, 6) is 1.00. The van der Waals surface area contributed by atoms with Crippen LogP contribution in [0.2, 0.25) is 0 Å². The van der Waals surface area contributed by atoms with Crippen LogP contribution in [0, 0.1) is 0 Å². The van der Waals surface area contributed by atoms with Gasteiger partial charge in [0.1, 0.15) is 4.75 Å². The van der Waals surface area contributed by atoms with E-state index in [4.69, 9.17) is 11.6 Å². The van der Waals surface area contributed by atoms with E-state index in [1.165, 1.54) is 5.56 Å². The minimum absolute atomic E-state index is 0.239. The highest BCUT2D eigenvalue weighted by Gasteiger charge is 2.27. The zero-order valence-corrected chi connectivity index (χ0v) is 15.4. The van der Waals surface area contributed by atoms with Crippen LogP contribution in [0.5, 0.6) is 0 Å². The van der Waals surface area contributed by atoms with Crippen LogP contribution in [-0.4, -0.2) is 21.7 Å². The third kappa shape index (κ3) is 6.35. The average molecular weight is 381 g/mol. The molecule has 0 aromatic heterocycles. The molecule has 1 aromatic carbocycles. The summed E-state index contributed by atoms with van der Waals surface area (Å²) < 4.78 is 16.1. The Hall–Kier alpha value is 0.260. The van der Waals surface area contributed by atoms with Gasteiger partial charge in [0, 0.05) is 34.2 Å². The Morgan fingerprint density at radius 1 is 1.30 bits per heavy atom. The fraction of sp³-hybridized carbons (Fsp3) is 0.600. The molecule has 1 N–H and O–H groups in total. The first-order valence-electron chi connectivity index (χ1n) is 6.81. The van der Waals surface area contributed by atoms with E-state index in [-0.39, 0.29) is 4.75 Å². The summed E-state index contributed by atoms with van der Waals surface area (Å²) in [6, 6.07) is 8.32. The van der Waals surface area contributed by atoms with Gasteiger partial charge < -0.3 is 4.55 Å². The summed E-state index contributed by atoms with van der Waals surface area (Å²) in [5, 5.41) is 0. The third-order valence-corrected chi connectivity index (χ3v) is 5.38. The first-order chi connectivity index (χ1) is 9.34. The van der Waals surface area contributed by atoms with Crippen LogP contribution in [0.4, 0.5) is 0 Å². The molecular weight excluding hydrogens is 358 g/mol.